The van der Waals surface area contributed by atoms with E-state index in [1.807, 2.05) is 30.1 Å². The number of hydrogen-bond acceptors (Lipinski definition) is 6. The fourth-order valence-corrected chi connectivity index (χ4v) is 5.47. The Morgan fingerprint density at radius 2 is 2.33 bits per heavy atom. The van der Waals surface area contributed by atoms with Gasteiger partial charge in [-0.1, -0.05) is 6.07 Å². The molecule has 0 aromatic carbocycles. The van der Waals surface area contributed by atoms with Crippen LogP contribution >= 0.6 is 23.5 Å². The average molecular weight is 368 g/mol. The molecular weight excluding hydrogens is 342 g/mol. The number of thioether (sulfide) groups is 2. The van der Waals surface area contributed by atoms with Gasteiger partial charge in [0, 0.05) is 49.1 Å². The topological polar surface area (TPSA) is 54.5 Å². The number of hydrogen-bond donors (Lipinski definition) is 1. The highest BCUT2D eigenvalue weighted by Crippen LogP contribution is 2.33. The molecule has 7 heteroatoms. The summed E-state index contributed by atoms with van der Waals surface area (Å²) in [6.07, 6.45) is 4.78. The van der Waals surface area contributed by atoms with Gasteiger partial charge in [-0.05, 0) is 23.8 Å². The Balaban J connectivity index is 1.43. The van der Waals surface area contributed by atoms with Crippen molar-refractivity contribution in [3.05, 3.63) is 30.1 Å². The summed E-state index contributed by atoms with van der Waals surface area (Å²) in [5, 5.41) is 3.18. The number of ether oxygens (including phenoxy) is 1. The molecule has 1 amide bonds. The van der Waals surface area contributed by atoms with Gasteiger partial charge in [-0.2, -0.15) is 11.8 Å². The van der Waals surface area contributed by atoms with Crippen molar-refractivity contribution in [1.29, 1.82) is 0 Å². The fraction of sp³-hybridized carbons (Fsp3) is 0.647. The molecule has 0 spiro atoms. The van der Waals surface area contributed by atoms with Crippen LogP contribution in [0.2, 0.25) is 0 Å². The lowest BCUT2D eigenvalue weighted by molar-refractivity contribution is -0.119. The van der Waals surface area contributed by atoms with Gasteiger partial charge in [0.2, 0.25) is 5.91 Å². The summed E-state index contributed by atoms with van der Waals surface area (Å²) in [7, 11) is 0. The van der Waals surface area contributed by atoms with Crippen LogP contribution in [0.15, 0.2) is 24.5 Å². The number of amides is 1. The zero-order valence-electron chi connectivity index (χ0n) is 13.9. The zero-order valence-corrected chi connectivity index (χ0v) is 15.5. The first kappa shape index (κ1) is 18.0. The van der Waals surface area contributed by atoms with Gasteiger partial charge in [0.15, 0.2) is 0 Å². The van der Waals surface area contributed by atoms with Crippen LogP contribution < -0.4 is 5.32 Å². The number of pyridine rings is 1. The highest BCUT2D eigenvalue weighted by atomic mass is 32.2. The van der Waals surface area contributed by atoms with E-state index in [1.165, 1.54) is 5.75 Å². The maximum Gasteiger partial charge on any atom is 0.230 e. The molecule has 2 saturated heterocycles. The van der Waals surface area contributed by atoms with Crippen LogP contribution in [0.1, 0.15) is 12.0 Å². The molecule has 1 atom stereocenters. The van der Waals surface area contributed by atoms with Crippen LogP contribution in [0.25, 0.3) is 0 Å². The Kier molecular flexibility index (Phi) is 6.83. The highest BCUT2D eigenvalue weighted by Gasteiger charge is 2.40. The first-order valence-electron chi connectivity index (χ1n) is 8.42. The van der Waals surface area contributed by atoms with Crippen molar-refractivity contribution in [3.63, 3.8) is 0 Å². The van der Waals surface area contributed by atoms with Gasteiger partial charge in [0.1, 0.15) is 0 Å². The predicted molar refractivity (Wildman–Crippen MR) is 100 cm³/mol. The molecule has 24 heavy (non-hydrogen) atoms. The van der Waals surface area contributed by atoms with E-state index in [1.54, 1.807) is 18.0 Å². The van der Waals surface area contributed by atoms with Crippen LogP contribution in [-0.2, 0) is 15.3 Å². The van der Waals surface area contributed by atoms with Gasteiger partial charge < -0.3 is 10.1 Å². The standard InChI is InChI=1S/C17H25N3O2S2/c21-16(12-24-11-15-2-1-4-18-10-15)19-13-17(3-9-23-14-17)20-5-7-22-8-6-20/h1-2,4,10H,3,5-9,11-14H2,(H,19,21). The van der Waals surface area contributed by atoms with E-state index in [4.69, 9.17) is 4.74 Å². The van der Waals surface area contributed by atoms with Crippen molar-refractivity contribution >= 4 is 29.4 Å². The van der Waals surface area contributed by atoms with Crippen molar-refractivity contribution in [1.82, 2.24) is 15.2 Å². The minimum Gasteiger partial charge on any atom is -0.379 e. The van der Waals surface area contributed by atoms with Crippen molar-refractivity contribution in [3.8, 4) is 0 Å². The molecule has 132 valence electrons. The molecule has 1 N–H and O–H groups in total. The van der Waals surface area contributed by atoms with E-state index >= 15 is 0 Å². The van der Waals surface area contributed by atoms with Gasteiger partial charge in [-0.25, -0.2) is 0 Å². The van der Waals surface area contributed by atoms with E-state index in [2.05, 4.69) is 15.2 Å². The van der Waals surface area contributed by atoms with Crippen molar-refractivity contribution in [2.24, 2.45) is 0 Å². The summed E-state index contributed by atoms with van der Waals surface area (Å²) < 4.78 is 5.48. The summed E-state index contributed by atoms with van der Waals surface area (Å²) in [4.78, 5) is 18.8. The molecule has 0 saturated carbocycles. The number of carbonyl (C=O) groups excluding carboxylic acids is 1. The Labute approximate surface area is 152 Å². The quantitative estimate of drug-likeness (QED) is 0.791. The van der Waals surface area contributed by atoms with Crippen LogP contribution in [0, 0.1) is 0 Å². The molecule has 3 rings (SSSR count). The molecule has 1 aromatic heterocycles. The van der Waals surface area contributed by atoms with Gasteiger partial charge in [0.25, 0.3) is 0 Å². The van der Waals surface area contributed by atoms with Crippen molar-refractivity contribution in [2.75, 3.05) is 50.1 Å². The van der Waals surface area contributed by atoms with Crippen LogP contribution in [0.5, 0.6) is 0 Å². The molecule has 2 aliphatic rings. The summed E-state index contributed by atoms with van der Waals surface area (Å²) in [5.74, 6) is 3.75. The summed E-state index contributed by atoms with van der Waals surface area (Å²) in [5.41, 5.74) is 1.28. The molecule has 3 heterocycles. The molecule has 0 aliphatic carbocycles. The van der Waals surface area contributed by atoms with Gasteiger partial charge in [-0.15, -0.1) is 11.8 Å². The molecule has 1 unspecified atom stereocenters. The second-order valence-electron chi connectivity index (χ2n) is 6.26. The van der Waals surface area contributed by atoms with Crippen molar-refractivity contribution < 1.29 is 9.53 Å². The van der Waals surface area contributed by atoms with Gasteiger partial charge >= 0.3 is 0 Å². The maximum atomic E-state index is 12.2. The lowest BCUT2D eigenvalue weighted by Crippen LogP contribution is -2.59. The monoisotopic (exact) mass is 367 g/mol. The van der Waals surface area contributed by atoms with E-state index in [0.29, 0.717) is 5.75 Å². The molecule has 2 aliphatic heterocycles. The SMILES string of the molecule is O=C(CSCc1cccnc1)NCC1(N2CCOCC2)CCSC1. The number of rotatable bonds is 7. The maximum absolute atomic E-state index is 12.2. The third-order valence-electron chi connectivity index (χ3n) is 4.60. The molecule has 0 bridgehead atoms. The number of aromatic nitrogens is 1. The largest absolute Gasteiger partial charge is 0.379 e. The molecule has 2 fully saturated rings. The number of nitrogens with one attached hydrogen (secondary N) is 1. The minimum atomic E-state index is 0.123. The smallest absolute Gasteiger partial charge is 0.230 e. The Hall–Kier alpha value is -0.760. The number of carbonyl (C=O) groups is 1. The van der Waals surface area contributed by atoms with Crippen LogP contribution in [0.3, 0.4) is 0 Å². The lowest BCUT2D eigenvalue weighted by Gasteiger charge is -2.43. The summed E-state index contributed by atoms with van der Waals surface area (Å²) in [6.45, 7) is 4.33. The van der Waals surface area contributed by atoms with E-state index in [9.17, 15) is 4.79 Å². The van der Waals surface area contributed by atoms with Gasteiger partial charge in [0.05, 0.1) is 19.0 Å². The van der Waals surface area contributed by atoms with E-state index < -0.39 is 0 Å². The van der Waals surface area contributed by atoms with E-state index in [-0.39, 0.29) is 11.4 Å². The Morgan fingerprint density at radius 1 is 1.46 bits per heavy atom. The molecule has 5 nitrogen and oxygen atoms in total. The predicted octanol–water partition coefficient (Wildman–Crippen LogP) is 1.64. The Bertz CT molecular complexity index is 518. The van der Waals surface area contributed by atoms with Gasteiger partial charge in [-0.3, -0.25) is 14.7 Å². The minimum absolute atomic E-state index is 0.123. The molecule has 1 aromatic rings. The van der Waals surface area contributed by atoms with Crippen molar-refractivity contribution in [2.45, 2.75) is 17.7 Å². The second kappa shape index (κ2) is 9.08. The first-order chi connectivity index (χ1) is 11.8. The third-order valence-corrected chi connectivity index (χ3v) is 6.84. The van der Waals surface area contributed by atoms with Crippen LogP contribution in [-0.4, -0.2) is 71.4 Å². The highest BCUT2D eigenvalue weighted by molar-refractivity contribution is 7.99. The second-order valence-corrected chi connectivity index (χ2v) is 8.35. The Morgan fingerprint density at radius 3 is 3.04 bits per heavy atom. The normalized spacial score (nSPS) is 24.8. The third kappa shape index (κ3) is 4.88. The molecular formula is C17H25N3O2S2. The summed E-state index contributed by atoms with van der Waals surface area (Å²) in [6, 6.07) is 3.97. The van der Waals surface area contributed by atoms with E-state index in [0.717, 1.165) is 56.3 Å². The fourth-order valence-electron chi connectivity index (χ4n) is 3.19. The number of morpholine rings is 1. The average Bonchev–Trinajstić information content (AvgIpc) is 3.12. The molecule has 0 radical (unpaired) electrons. The lowest BCUT2D eigenvalue weighted by atomic mass is 9.95. The summed E-state index contributed by atoms with van der Waals surface area (Å²) >= 11 is 3.64. The number of nitrogens with zero attached hydrogens (tertiary/aromatic N) is 2. The zero-order chi connectivity index (χ0) is 16.7. The van der Waals surface area contributed by atoms with Crippen LogP contribution in [0.4, 0.5) is 0 Å². The first-order valence-corrected chi connectivity index (χ1v) is 10.7.